The molecular formula is C12H14ClNO6S. The first-order valence-electron chi connectivity index (χ1n) is 5.84. The fourth-order valence-corrected chi connectivity index (χ4v) is 2.85. The van der Waals surface area contributed by atoms with Gasteiger partial charge in [0.15, 0.2) is 0 Å². The Morgan fingerprint density at radius 1 is 1.33 bits per heavy atom. The van der Waals surface area contributed by atoms with Crippen molar-refractivity contribution in [1.29, 1.82) is 0 Å². The van der Waals surface area contributed by atoms with Crippen molar-refractivity contribution in [2.75, 3.05) is 17.6 Å². The van der Waals surface area contributed by atoms with Crippen molar-refractivity contribution in [2.24, 2.45) is 0 Å². The molecule has 1 rings (SSSR count). The second-order valence-corrected chi connectivity index (χ2v) is 6.41. The number of sulfonamides is 1. The summed E-state index contributed by atoms with van der Waals surface area (Å²) in [4.78, 5) is 21.8. The molecule has 21 heavy (non-hydrogen) atoms. The molecule has 0 saturated carbocycles. The Hall–Kier alpha value is -1.80. The van der Waals surface area contributed by atoms with Gasteiger partial charge in [0.05, 0.1) is 24.1 Å². The highest BCUT2D eigenvalue weighted by Crippen LogP contribution is 2.20. The van der Waals surface area contributed by atoms with E-state index in [-0.39, 0.29) is 34.9 Å². The monoisotopic (exact) mass is 335 g/mol. The zero-order valence-corrected chi connectivity index (χ0v) is 12.7. The van der Waals surface area contributed by atoms with Crippen molar-refractivity contribution in [2.45, 2.75) is 12.8 Å². The highest BCUT2D eigenvalue weighted by atomic mass is 35.5. The Kier molecular flexibility index (Phi) is 5.98. The van der Waals surface area contributed by atoms with Crippen LogP contribution in [0.2, 0.25) is 5.02 Å². The first kappa shape index (κ1) is 17.3. The standard InChI is InChI=1S/C12H14ClNO6S/c1-20-11(15)3-2-4-21(18,19)14-10-6-8(12(16)17)5-9(13)7-10/h5-7,14H,2-4H2,1H3,(H,16,17). The van der Waals surface area contributed by atoms with Gasteiger partial charge in [0.25, 0.3) is 0 Å². The Morgan fingerprint density at radius 3 is 2.57 bits per heavy atom. The third-order valence-electron chi connectivity index (χ3n) is 2.44. The number of carboxylic acid groups (broad SMARTS) is 1. The molecule has 0 saturated heterocycles. The first-order chi connectivity index (χ1) is 9.73. The molecule has 0 bridgehead atoms. The van der Waals surface area contributed by atoms with Gasteiger partial charge in [0.1, 0.15) is 0 Å². The minimum atomic E-state index is -3.71. The Bertz CT molecular complexity index is 643. The number of hydrogen-bond acceptors (Lipinski definition) is 5. The number of anilines is 1. The van der Waals surface area contributed by atoms with Gasteiger partial charge in [-0.2, -0.15) is 0 Å². The molecule has 0 aromatic heterocycles. The molecule has 7 nitrogen and oxygen atoms in total. The maximum atomic E-state index is 11.8. The molecule has 0 atom stereocenters. The predicted octanol–water partition coefficient (Wildman–Crippen LogP) is 1.73. The minimum Gasteiger partial charge on any atom is -0.478 e. The maximum absolute atomic E-state index is 11.8. The molecule has 0 radical (unpaired) electrons. The molecule has 0 aliphatic rings. The zero-order chi connectivity index (χ0) is 16.0. The lowest BCUT2D eigenvalue weighted by molar-refractivity contribution is -0.140. The average molecular weight is 336 g/mol. The van der Waals surface area contributed by atoms with Crippen molar-refractivity contribution in [3.63, 3.8) is 0 Å². The predicted molar refractivity (Wildman–Crippen MR) is 77.1 cm³/mol. The number of halogens is 1. The summed E-state index contributed by atoms with van der Waals surface area (Å²) in [5.41, 5.74) is -0.0762. The summed E-state index contributed by atoms with van der Waals surface area (Å²) < 4.78 is 30.2. The van der Waals surface area contributed by atoms with E-state index in [4.69, 9.17) is 16.7 Å². The second kappa shape index (κ2) is 7.28. The molecule has 9 heteroatoms. The molecule has 116 valence electrons. The lowest BCUT2D eigenvalue weighted by Gasteiger charge is -2.09. The quantitative estimate of drug-likeness (QED) is 0.734. The smallest absolute Gasteiger partial charge is 0.335 e. The Labute approximate surface area is 126 Å². The number of hydrogen-bond donors (Lipinski definition) is 2. The average Bonchev–Trinajstić information content (AvgIpc) is 2.36. The van der Waals surface area contributed by atoms with Gasteiger partial charge in [0, 0.05) is 11.4 Å². The third-order valence-corrected chi connectivity index (χ3v) is 4.03. The minimum absolute atomic E-state index is 0.0205. The molecule has 0 amide bonds. The lowest BCUT2D eigenvalue weighted by atomic mass is 10.2. The molecule has 0 aliphatic heterocycles. The molecule has 0 unspecified atom stereocenters. The second-order valence-electron chi connectivity index (χ2n) is 4.13. The molecule has 0 aliphatic carbocycles. The van der Waals surface area contributed by atoms with Crippen LogP contribution in [-0.2, 0) is 19.6 Å². The van der Waals surface area contributed by atoms with E-state index >= 15 is 0 Å². The van der Waals surface area contributed by atoms with Crippen LogP contribution in [0, 0.1) is 0 Å². The number of rotatable bonds is 7. The molecule has 0 heterocycles. The summed E-state index contributed by atoms with van der Waals surface area (Å²) in [5.74, 6) is -2.01. The van der Waals surface area contributed by atoms with Crippen LogP contribution in [0.25, 0.3) is 0 Å². The number of nitrogens with one attached hydrogen (secondary N) is 1. The summed E-state index contributed by atoms with van der Waals surface area (Å²) in [6.45, 7) is 0. The van der Waals surface area contributed by atoms with Gasteiger partial charge < -0.3 is 9.84 Å². The van der Waals surface area contributed by atoms with Crippen LogP contribution in [0.4, 0.5) is 5.69 Å². The number of benzene rings is 1. The fourth-order valence-electron chi connectivity index (χ4n) is 1.51. The van der Waals surface area contributed by atoms with E-state index in [0.29, 0.717) is 0 Å². The van der Waals surface area contributed by atoms with Crippen LogP contribution in [0.1, 0.15) is 23.2 Å². The highest BCUT2D eigenvalue weighted by molar-refractivity contribution is 7.92. The van der Waals surface area contributed by atoms with Crippen LogP contribution >= 0.6 is 11.6 Å². The maximum Gasteiger partial charge on any atom is 0.335 e. The zero-order valence-electron chi connectivity index (χ0n) is 11.1. The SMILES string of the molecule is COC(=O)CCCS(=O)(=O)Nc1cc(Cl)cc(C(=O)O)c1. The van der Waals surface area contributed by atoms with Gasteiger partial charge >= 0.3 is 11.9 Å². The van der Waals surface area contributed by atoms with Crippen molar-refractivity contribution in [1.82, 2.24) is 0 Å². The van der Waals surface area contributed by atoms with Gasteiger partial charge in [-0.15, -0.1) is 0 Å². The van der Waals surface area contributed by atoms with E-state index in [1.807, 2.05) is 0 Å². The summed E-state index contributed by atoms with van der Waals surface area (Å²) >= 11 is 5.73. The number of ether oxygens (including phenoxy) is 1. The summed E-state index contributed by atoms with van der Waals surface area (Å²) in [6.07, 6.45) is 0.0711. The van der Waals surface area contributed by atoms with E-state index in [0.717, 1.165) is 6.07 Å². The van der Waals surface area contributed by atoms with Gasteiger partial charge in [-0.05, 0) is 24.6 Å². The third kappa shape index (κ3) is 6.01. The van der Waals surface area contributed by atoms with E-state index in [1.54, 1.807) is 0 Å². The normalized spacial score (nSPS) is 11.0. The van der Waals surface area contributed by atoms with Crippen molar-refractivity contribution >= 4 is 39.3 Å². The van der Waals surface area contributed by atoms with Crippen LogP contribution in [0.5, 0.6) is 0 Å². The van der Waals surface area contributed by atoms with E-state index in [9.17, 15) is 18.0 Å². The Balaban J connectivity index is 2.75. The van der Waals surface area contributed by atoms with Crippen LogP contribution in [0.3, 0.4) is 0 Å². The number of carboxylic acids is 1. The van der Waals surface area contributed by atoms with E-state index in [1.165, 1.54) is 19.2 Å². The number of carbonyl (C=O) groups is 2. The van der Waals surface area contributed by atoms with E-state index < -0.39 is 22.0 Å². The molecule has 1 aromatic carbocycles. The fraction of sp³-hybridized carbons (Fsp3) is 0.333. The lowest BCUT2D eigenvalue weighted by Crippen LogP contribution is -2.18. The van der Waals surface area contributed by atoms with Crippen molar-refractivity contribution < 1.29 is 27.9 Å². The van der Waals surface area contributed by atoms with Crippen molar-refractivity contribution in [3.8, 4) is 0 Å². The van der Waals surface area contributed by atoms with Crippen molar-refractivity contribution in [3.05, 3.63) is 28.8 Å². The van der Waals surface area contributed by atoms with Crippen LogP contribution in [0.15, 0.2) is 18.2 Å². The summed E-state index contributed by atoms with van der Waals surface area (Å²) in [6, 6.07) is 3.66. The number of esters is 1. The molecule has 0 spiro atoms. The van der Waals surface area contributed by atoms with Crippen LogP contribution < -0.4 is 4.72 Å². The Morgan fingerprint density at radius 2 is 2.00 bits per heavy atom. The van der Waals surface area contributed by atoms with Gasteiger partial charge in [-0.25, -0.2) is 13.2 Å². The van der Waals surface area contributed by atoms with E-state index in [2.05, 4.69) is 9.46 Å². The van der Waals surface area contributed by atoms with Gasteiger partial charge in [-0.3, -0.25) is 9.52 Å². The summed E-state index contributed by atoms with van der Waals surface area (Å²) in [5, 5.41) is 8.97. The van der Waals surface area contributed by atoms with Gasteiger partial charge in [-0.1, -0.05) is 11.6 Å². The largest absolute Gasteiger partial charge is 0.478 e. The summed E-state index contributed by atoms with van der Waals surface area (Å²) in [7, 11) is -2.49. The topological polar surface area (TPSA) is 110 Å². The van der Waals surface area contributed by atoms with Gasteiger partial charge in [0.2, 0.25) is 10.0 Å². The number of carbonyl (C=O) groups excluding carboxylic acids is 1. The number of aromatic carboxylic acids is 1. The van der Waals surface area contributed by atoms with Crippen LogP contribution in [-0.4, -0.2) is 38.3 Å². The molecule has 0 fully saturated rings. The molecule has 1 aromatic rings. The molecular weight excluding hydrogens is 322 g/mol. The molecule has 2 N–H and O–H groups in total. The highest BCUT2D eigenvalue weighted by Gasteiger charge is 2.14. The first-order valence-corrected chi connectivity index (χ1v) is 7.88. The number of methoxy groups -OCH3 is 1.